The Morgan fingerprint density at radius 1 is 1.17 bits per heavy atom. The smallest absolute Gasteiger partial charge is 0.235 e. The molecular formula is C16H13Cl2N5O. The molecule has 8 heteroatoms. The highest BCUT2D eigenvalue weighted by Crippen LogP contribution is 2.28. The first kappa shape index (κ1) is 16.4. The monoisotopic (exact) mass is 361 g/mol. The minimum atomic E-state index is -0.230. The van der Waals surface area contributed by atoms with E-state index in [-0.39, 0.29) is 12.5 Å². The van der Waals surface area contributed by atoms with Crippen LogP contribution in [0.15, 0.2) is 46.4 Å². The van der Waals surface area contributed by atoms with Crippen LogP contribution in [0.25, 0.3) is 0 Å². The molecule has 2 N–H and O–H groups in total. The van der Waals surface area contributed by atoms with Crippen LogP contribution in [0.5, 0.6) is 0 Å². The Labute approximate surface area is 148 Å². The molecule has 0 saturated heterocycles. The Morgan fingerprint density at radius 2 is 1.96 bits per heavy atom. The number of amides is 1. The van der Waals surface area contributed by atoms with Crippen molar-refractivity contribution >= 4 is 46.3 Å². The lowest BCUT2D eigenvalue weighted by Gasteiger charge is -2.09. The van der Waals surface area contributed by atoms with Crippen LogP contribution in [-0.2, 0) is 4.79 Å². The number of hydrogen-bond acceptors (Lipinski definition) is 5. The van der Waals surface area contributed by atoms with E-state index in [1.54, 1.807) is 18.2 Å². The molecule has 1 aromatic carbocycles. The molecule has 3 rings (SSSR count). The summed E-state index contributed by atoms with van der Waals surface area (Å²) < 4.78 is 0. The van der Waals surface area contributed by atoms with Crippen LogP contribution < -0.4 is 10.9 Å². The number of benzene rings is 1. The van der Waals surface area contributed by atoms with Crippen molar-refractivity contribution in [1.29, 1.82) is 0 Å². The normalized spacial score (nSPS) is 13.3. The number of halogens is 2. The number of fused-ring (bicyclic) bond motifs is 1. The van der Waals surface area contributed by atoms with Crippen LogP contribution >= 0.6 is 23.2 Å². The van der Waals surface area contributed by atoms with Crippen molar-refractivity contribution in [3.8, 4) is 0 Å². The molecule has 0 fully saturated rings. The molecular weight excluding hydrogens is 349 g/mol. The number of amidine groups is 1. The van der Waals surface area contributed by atoms with Gasteiger partial charge in [-0.15, -0.1) is 0 Å². The molecule has 122 valence electrons. The van der Waals surface area contributed by atoms with E-state index in [2.05, 4.69) is 25.8 Å². The van der Waals surface area contributed by atoms with E-state index < -0.39 is 0 Å². The van der Waals surface area contributed by atoms with Crippen molar-refractivity contribution in [3.05, 3.63) is 57.8 Å². The fourth-order valence-corrected chi connectivity index (χ4v) is 2.57. The van der Waals surface area contributed by atoms with Crippen molar-refractivity contribution in [1.82, 2.24) is 15.8 Å². The highest BCUT2D eigenvalue weighted by atomic mass is 35.5. The average Bonchev–Trinajstić information content (AvgIpc) is 2.72. The van der Waals surface area contributed by atoms with Gasteiger partial charge >= 0.3 is 0 Å². The van der Waals surface area contributed by atoms with E-state index in [1.807, 2.05) is 18.2 Å². The van der Waals surface area contributed by atoms with Gasteiger partial charge in [-0.05, 0) is 18.2 Å². The Kier molecular flexibility index (Phi) is 4.78. The number of rotatable bonds is 1. The van der Waals surface area contributed by atoms with Crippen LogP contribution in [0, 0.1) is 0 Å². The number of nitrogens with one attached hydrogen (secondary N) is 2. The van der Waals surface area contributed by atoms with Gasteiger partial charge in [0.2, 0.25) is 5.91 Å². The number of hydrogen-bond donors (Lipinski definition) is 2. The first-order valence-electron chi connectivity index (χ1n) is 7.11. The Hall–Kier alpha value is -2.44. The molecule has 2 heterocycles. The molecule has 1 amide bonds. The van der Waals surface area contributed by atoms with Gasteiger partial charge in [0.05, 0.1) is 23.0 Å². The summed E-state index contributed by atoms with van der Waals surface area (Å²) >= 11 is 12.3. The van der Waals surface area contributed by atoms with Gasteiger partial charge in [-0.2, -0.15) is 0 Å². The number of hydrazine groups is 1. The topological polar surface area (TPSA) is 78.7 Å². The minimum absolute atomic E-state index is 0.230. The lowest BCUT2D eigenvalue weighted by Crippen LogP contribution is -2.41. The van der Waals surface area contributed by atoms with E-state index in [0.29, 0.717) is 33.1 Å². The fourth-order valence-electron chi connectivity index (χ4n) is 2.20. The first-order chi connectivity index (χ1) is 11.5. The molecule has 0 unspecified atom stereocenters. The standard InChI is InChI=1S/C16H13Cl2N5O/c1-9(24)22-23-14-8-19-15(10-4-2-3-5-11(10)17)16-12(20-14)6-7-13(18)21-16/h2-7H,8H2,1H3,(H,20,23)(H,22,24). The molecule has 0 radical (unpaired) electrons. The van der Waals surface area contributed by atoms with E-state index in [9.17, 15) is 4.79 Å². The average molecular weight is 362 g/mol. The van der Waals surface area contributed by atoms with Gasteiger partial charge in [-0.25, -0.2) is 9.98 Å². The summed E-state index contributed by atoms with van der Waals surface area (Å²) in [6.45, 7) is 1.63. The molecule has 6 nitrogen and oxygen atoms in total. The number of aliphatic imine (C=N–C) groups is 2. The zero-order chi connectivity index (χ0) is 17.1. The third kappa shape index (κ3) is 3.55. The quantitative estimate of drug-likeness (QED) is 0.605. The first-order valence-corrected chi connectivity index (χ1v) is 7.86. The van der Waals surface area contributed by atoms with Gasteiger partial charge in [0, 0.05) is 12.5 Å². The van der Waals surface area contributed by atoms with Crippen LogP contribution in [0.3, 0.4) is 0 Å². The Morgan fingerprint density at radius 3 is 2.71 bits per heavy atom. The number of nitrogens with zero attached hydrogens (tertiary/aromatic N) is 3. The summed E-state index contributed by atoms with van der Waals surface area (Å²) in [5.74, 6) is 0.254. The van der Waals surface area contributed by atoms with Gasteiger partial charge in [0.15, 0.2) is 0 Å². The lowest BCUT2D eigenvalue weighted by molar-refractivity contribution is -0.119. The number of carbonyl (C=O) groups excluding carboxylic acids is 1. The largest absolute Gasteiger partial charge is 0.284 e. The Balaban J connectivity index is 2.08. The van der Waals surface area contributed by atoms with Crippen molar-refractivity contribution in [3.63, 3.8) is 0 Å². The maximum atomic E-state index is 11.1. The van der Waals surface area contributed by atoms with Gasteiger partial charge in [0.25, 0.3) is 0 Å². The van der Waals surface area contributed by atoms with Crippen molar-refractivity contribution in [2.45, 2.75) is 6.92 Å². The summed E-state index contributed by atoms with van der Waals surface area (Å²) in [6, 6.07) is 10.8. The van der Waals surface area contributed by atoms with E-state index in [1.165, 1.54) is 6.92 Å². The zero-order valence-electron chi connectivity index (χ0n) is 12.7. The SMILES string of the molecule is CC(=O)NNC1=Nc2ccc(Cl)nc2C(c2ccccc2Cl)=NC1. The zero-order valence-corrected chi connectivity index (χ0v) is 14.2. The van der Waals surface area contributed by atoms with E-state index in [0.717, 1.165) is 5.56 Å². The summed E-state index contributed by atoms with van der Waals surface area (Å²) in [5.41, 5.74) is 7.71. The second-order valence-corrected chi connectivity index (χ2v) is 5.81. The van der Waals surface area contributed by atoms with E-state index >= 15 is 0 Å². The molecule has 0 atom stereocenters. The molecule has 1 aliphatic rings. The van der Waals surface area contributed by atoms with Crippen LogP contribution in [0.2, 0.25) is 10.2 Å². The van der Waals surface area contributed by atoms with Crippen molar-refractivity contribution in [2.24, 2.45) is 9.98 Å². The summed E-state index contributed by atoms with van der Waals surface area (Å²) in [7, 11) is 0. The van der Waals surface area contributed by atoms with Gasteiger partial charge < -0.3 is 0 Å². The molecule has 24 heavy (non-hydrogen) atoms. The molecule has 0 bridgehead atoms. The number of carbonyl (C=O) groups is 1. The van der Waals surface area contributed by atoms with E-state index in [4.69, 9.17) is 23.2 Å². The minimum Gasteiger partial charge on any atom is -0.284 e. The molecule has 0 aliphatic carbocycles. The summed E-state index contributed by atoms with van der Waals surface area (Å²) in [6.07, 6.45) is 0. The molecule has 0 saturated carbocycles. The van der Waals surface area contributed by atoms with Gasteiger partial charge in [0.1, 0.15) is 16.7 Å². The Bertz CT molecular complexity index is 863. The molecule has 1 aromatic heterocycles. The third-order valence-corrected chi connectivity index (χ3v) is 3.76. The third-order valence-electron chi connectivity index (χ3n) is 3.22. The van der Waals surface area contributed by atoms with Crippen LogP contribution in [0.1, 0.15) is 18.2 Å². The predicted molar refractivity (Wildman–Crippen MR) is 95.3 cm³/mol. The van der Waals surface area contributed by atoms with Crippen LogP contribution in [-0.4, -0.2) is 29.0 Å². The molecule has 1 aliphatic heterocycles. The van der Waals surface area contributed by atoms with Crippen molar-refractivity contribution < 1.29 is 4.79 Å². The predicted octanol–water partition coefficient (Wildman–Crippen LogP) is 2.91. The highest BCUT2D eigenvalue weighted by molar-refractivity contribution is 6.36. The second kappa shape index (κ2) is 6.98. The maximum absolute atomic E-state index is 11.1. The molecule has 0 spiro atoms. The van der Waals surface area contributed by atoms with Crippen LogP contribution in [0.4, 0.5) is 5.69 Å². The summed E-state index contributed by atoms with van der Waals surface area (Å²) in [5, 5.41) is 0.893. The number of aromatic nitrogens is 1. The lowest BCUT2D eigenvalue weighted by atomic mass is 10.1. The summed E-state index contributed by atoms with van der Waals surface area (Å²) in [4.78, 5) is 24.5. The highest BCUT2D eigenvalue weighted by Gasteiger charge is 2.20. The fraction of sp³-hybridized carbons (Fsp3) is 0.125. The number of pyridine rings is 1. The molecule has 2 aromatic rings. The second-order valence-electron chi connectivity index (χ2n) is 5.01. The van der Waals surface area contributed by atoms with Gasteiger partial charge in [-0.1, -0.05) is 41.4 Å². The van der Waals surface area contributed by atoms with Gasteiger partial charge in [-0.3, -0.25) is 20.6 Å². The van der Waals surface area contributed by atoms with Crippen molar-refractivity contribution in [2.75, 3.05) is 6.54 Å². The maximum Gasteiger partial charge on any atom is 0.235 e.